The van der Waals surface area contributed by atoms with Crippen molar-refractivity contribution in [2.75, 3.05) is 19.0 Å². The molecule has 2 aromatic rings. The largest absolute Gasteiger partial charge is 0.368 e. The highest BCUT2D eigenvalue weighted by Gasteiger charge is 2.10. The second-order valence-corrected chi connectivity index (χ2v) is 6.33. The van der Waals surface area contributed by atoms with Gasteiger partial charge < -0.3 is 10.2 Å². The molecule has 0 atom stereocenters. The lowest BCUT2D eigenvalue weighted by atomic mass is 10.2. The Morgan fingerprint density at radius 1 is 1.42 bits per heavy atom. The van der Waals surface area contributed by atoms with E-state index in [2.05, 4.69) is 63.3 Å². The number of halogens is 1. The summed E-state index contributed by atoms with van der Waals surface area (Å²) in [6.45, 7) is 3.84. The van der Waals surface area contributed by atoms with Crippen molar-refractivity contribution in [3.8, 4) is 0 Å². The Balaban J connectivity index is 2.15. The third-order valence-electron chi connectivity index (χ3n) is 3.03. The zero-order chi connectivity index (χ0) is 13.8. The van der Waals surface area contributed by atoms with Gasteiger partial charge in [0.15, 0.2) is 0 Å². The minimum atomic E-state index is 0.885. The van der Waals surface area contributed by atoms with Crippen LogP contribution in [0.1, 0.15) is 16.1 Å². The normalized spacial score (nSPS) is 10.7. The molecule has 1 aromatic heterocycles. The van der Waals surface area contributed by atoms with Crippen LogP contribution in [-0.4, -0.2) is 19.1 Å². The molecule has 2 rings (SSSR count). The molecule has 0 aliphatic rings. The molecule has 0 unspecified atom stereocenters. The molecule has 0 amide bonds. The Bertz CT molecular complexity index is 553. The fourth-order valence-electron chi connectivity index (χ4n) is 1.95. The molecule has 0 fully saturated rings. The van der Waals surface area contributed by atoms with Crippen LogP contribution >= 0.6 is 27.3 Å². The molecular formula is C14H18BrN3S. The van der Waals surface area contributed by atoms with Crippen LogP contribution in [0.3, 0.4) is 0 Å². The lowest BCUT2D eigenvalue weighted by molar-refractivity contribution is 0.816. The second kappa shape index (κ2) is 6.50. The minimum Gasteiger partial charge on any atom is -0.368 e. The van der Waals surface area contributed by atoms with Crippen LogP contribution in [0.25, 0.3) is 0 Å². The van der Waals surface area contributed by atoms with Crippen molar-refractivity contribution in [1.29, 1.82) is 0 Å². The Morgan fingerprint density at radius 3 is 2.79 bits per heavy atom. The molecule has 1 heterocycles. The molecule has 102 valence electrons. The molecule has 0 saturated carbocycles. The maximum absolute atomic E-state index is 4.30. The number of nitrogens with one attached hydrogen (secondary N) is 1. The topological polar surface area (TPSA) is 28.2 Å². The standard InChI is InChI=1S/C14H18BrN3S/c1-10-14(19-9-17-10)8-18(3)13-5-4-11(7-16-2)6-12(13)15/h4-6,9,16H,7-8H2,1-3H3. The van der Waals surface area contributed by atoms with Crippen molar-refractivity contribution in [3.05, 3.63) is 44.3 Å². The first-order valence-electron chi connectivity index (χ1n) is 6.15. The van der Waals surface area contributed by atoms with Gasteiger partial charge in [0.1, 0.15) is 0 Å². The summed E-state index contributed by atoms with van der Waals surface area (Å²) >= 11 is 5.37. The smallest absolute Gasteiger partial charge is 0.0798 e. The quantitative estimate of drug-likeness (QED) is 0.902. The summed E-state index contributed by atoms with van der Waals surface area (Å²) in [7, 11) is 4.07. The predicted molar refractivity (Wildman–Crippen MR) is 85.9 cm³/mol. The maximum atomic E-state index is 4.30. The molecule has 1 N–H and O–H groups in total. The van der Waals surface area contributed by atoms with Gasteiger partial charge in [0, 0.05) is 22.9 Å². The molecule has 1 aromatic carbocycles. The van der Waals surface area contributed by atoms with Crippen molar-refractivity contribution < 1.29 is 0 Å². The Labute approximate surface area is 126 Å². The van der Waals surface area contributed by atoms with Crippen LogP contribution in [0.5, 0.6) is 0 Å². The number of rotatable bonds is 5. The highest BCUT2D eigenvalue weighted by molar-refractivity contribution is 9.10. The van der Waals surface area contributed by atoms with Crippen molar-refractivity contribution >= 4 is 33.0 Å². The van der Waals surface area contributed by atoms with E-state index in [4.69, 9.17) is 0 Å². The third-order valence-corrected chi connectivity index (χ3v) is 4.58. The summed E-state index contributed by atoms with van der Waals surface area (Å²) in [5.74, 6) is 0. The summed E-state index contributed by atoms with van der Waals surface area (Å²) in [4.78, 5) is 7.85. The van der Waals surface area contributed by atoms with Crippen LogP contribution < -0.4 is 10.2 Å². The van der Waals surface area contributed by atoms with E-state index in [0.717, 1.165) is 23.3 Å². The number of hydrogen-bond acceptors (Lipinski definition) is 4. The molecule has 0 saturated heterocycles. The van der Waals surface area contributed by atoms with Crippen molar-refractivity contribution in [2.45, 2.75) is 20.0 Å². The van der Waals surface area contributed by atoms with Crippen molar-refractivity contribution in [3.63, 3.8) is 0 Å². The van der Waals surface area contributed by atoms with Gasteiger partial charge in [-0.05, 0) is 47.6 Å². The number of benzene rings is 1. The molecule has 0 bridgehead atoms. The monoisotopic (exact) mass is 339 g/mol. The Kier molecular flexibility index (Phi) is 4.96. The number of aromatic nitrogens is 1. The predicted octanol–water partition coefficient (Wildman–Crippen LogP) is 3.57. The third kappa shape index (κ3) is 3.55. The van der Waals surface area contributed by atoms with Gasteiger partial charge in [-0.25, -0.2) is 4.98 Å². The Hall–Kier alpha value is -0.910. The fourth-order valence-corrected chi connectivity index (χ4v) is 3.51. The molecule has 0 radical (unpaired) electrons. The van der Waals surface area contributed by atoms with E-state index in [1.807, 2.05) is 12.6 Å². The van der Waals surface area contributed by atoms with Gasteiger partial charge in [0.2, 0.25) is 0 Å². The summed E-state index contributed by atoms with van der Waals surface area (Å²) in [6.07, 6.45) is 0. The Morgan fingerprint density at radius 2 is 2.21 bits per heavy atom. The van der Waals surface area contributed by atoms with Gasteiger partial charge >= 0.3 is 0 Å². The van der Waals surface area contributed by atoms with Crippen LogP contribution in [-0.2, 0) is 13.1 Å². The zero-order valence-corrected chi connectivity index (χ0v) is 13.8. The first-order chi connectivity index (χ1) is 9.11. The van der Waals surface area contributed by atoms with Crippen LogP contribution in [0.2, 0.25) is 0 Å². The number of thiazole rings is 1. The van der Waals surface area contributed by atoms with Gasteiger partial charge in [-0.2, -0.15) is 0 Å². The summed E-state index contributed by atoms with van der Waals surface area (Å²) < 4.78 is 1.13. The van der Waals surface area contributed by atoms with Crippen LogP contribution in [0.15, 0.2) is 28.2 Å². The molecule has 0 aliphatic carbocycles. The maximum Gasteiger partial charge on any atom is 0.0798 e. The average molecular weight is 340 g/mol. The van der Waals surface area contributed by atoms with Gasteiger partial charge in [-0.15, -0.1) is 11.3 Å². The number of nitrogens with zero attached hydrogens (tertiary/aromatic N) is 2. The average Bonchev–Trinajstić information content (AvgIpc) is 2.75. The molecule has 0 aliphatic heterocycles. The van der Waals surface area contributed by atoms with E-state index in [9.17, 15) is 0 Å². The molecular weight excluding hydrogens is 322 g/mol. The lowest BCUT2D eigenvalue weighted by Gasteiger charge is -2.21. The molecule has 19 heavy (non-hydrogen) atoms. The highest BCUT2D eigenvalue weighted by atomic mass is 79.9. The summed E-state index contributed by atoms with van der Waals surface area (Å²) in [5.41, 5.74) is 5.51. The summed E-state index contributed by atoms with van der Waals surface area (Å²) in [6, 6.07) is 6.49. The number of anilines is 1. The first-order valence-corrected chi connectivity index (χ1v) is 7.82. The number of aryl methyl sites for hydroxylation is 1. The second-order valence-electron chi connectivity index (χ2n) is 4.53. The SMILES string of the molecule is CNCc1ccc(N(C)Cc2scnc2C)c(Br)c1. The van der Waals surface area contributed by atoms with E-state index < -0.39 is 0 Å². The van der Waals surface area contributed by atoms with E-state index in [0.29, 0.717) is 0 Å². The highest BCUT2D eigenvalue weighted by Crippen LogP contribution is 2.28. The zero-order valence-electron chi connectivity index (χ0n) is 11.4. The molecule has 3 nitrogen and oxygen atoms in total. The number of hydrogen-bond donors (Lipinski definition) is 1. The minimum absolute atomic E-state index is 0.885. The van der Waals surface area contributed by atoms with E-state index in [1.165, 1.54) is 16.1 Å². The van der Waals surface area contributed by atoms with Gasteiger partial charge in [-0.3, -0.25) is 0 Å². The lowest BCUT2D eigenvalue weighted by Crippen LogP contribution is -2.17. The molecule has 0 spiro atoms. The van der Waals surface area contributed by atoms with Gasteiger partial charge in [0.25, 0.3) is 0 Å². The van der Waals surface area contributed by atoms with Crippen molar-refractivity contribution in [2.24, 2.45) is 0 Å². The fraction of sp³-hybridized carbons (Fsp3) is 0.357. The van der Waals surface area contributed by atoms with Gasteiger partial charge in [-0.1, -0.05) is 6.07 Å². The first kappa shape index (κ1) is 14.5. The van der Waals surface area contributed by atoms with E-state index in [-0.39, 0.29) is 0 Å². The van der Waals surface area contributed by atoms with Gasteiger partial charge in [0.05, 0.1) is 23.4 Å². The van der Waals surface area contributed by atoms with E-state index >= 15 is 0 Å². The van der Waals surface area contributed by atoms with E-state index in [1.54, 1.807) is 11.3 Å². The molecule has 5 heteroatoms. The summed E-state index contributed by atoms with van der Waals surface area (Å²) in [5, 5.41) is 3.16. The van der Waals surface area contributed by atoms with Crippen molar-refractivity contribution in [1.82, 2.24) is 10.3 Å². The van der Waals surface area contributed by atoms with Crippen LogP contribution in [0, 0.1) is 6.92 Å². The van der Waals surface area contributed by atoms with Crippen LogP contribution in [0.4, 0.5) is 5.69 Å².